The molecule has 0 aromatic heterocycles. The molecule has 20 heavy (non-hydrogen) atoms. The van der Waals surface area contributed by atoms with Gasteiger partial charge in [0.05, 0.1) is 10.7 Å². The van der Waals surface area contributed by atoms with Crippen molar-refractivity contribution in [2.75, 3.05) is 11.9 Å². The highest BCUT2D eigenvalue weighted by atomic mass is 35.5. The average Bonchev–Trinajstić information content (AvgIpc) is 2.40. The number of carbonyl (C=O) groups excluding carboxylic acids is 1. The number of thiocarbonyl (C=S) groups is 1. The van der Waals surface area contributed by atoms with Gasteiger partial charge in [0.25, 0.3) is 0 Å². The van der Waals surface area contributed by atoms with Gasteiger partial charge in [0, 0.05) is 24.6 Å². The number of anilines is 1. The fraction of sp³-hybridized carbons (Fsp3) is 0.429. The zero-order valence-corrected chi connectivity index (χ0v) is 13.3. The van der Waals surface area contributed by atoms with Crippen LogP contribution in [0.4, 0.5) is 5.69 Å². The summed E-state index contributed by atoms with van der Waals surface area (Å²) >= 11 is 11.0. The van der Waals surface area contributed by atoms with E-state index in [1.807, 2.05) is 19.9 Å². The maximum atomic E-state index is 11.6. The Kier molecular flexibility index (Phi) is 6.75. The van der Waals surface area contributed by atoms with E-state index in [0.29, 0.717) is 23.0 Å². The summed E-state index contributed by atoms with van der Waals surface area (Å²) in [7, 11) is 0. The molecule has 0 heterocycles. The molecule has 0 spiro atoms. The molecule has 1 atom stereocenters. The van der Waals surface area contributed by atoms with Crippen LogP contribution in [0.15, 0.2) is 18.2 Å². The largest absolute Gasteiger partial charge is 0.389 e. The van der Waals surface area contributed by atoms with E-state index in [2.05, 4.69) is 10.6 Å². The minimum absolute atomic E-state index is 0.0303. The van der Waals surface area contributed by atoms with Gasteiger partial charge < -0.3 is 16.4 Å². The van der Waals surface area contributed by atoms with E-state index in [9.17, 15) is 4.79 Å². The van der Waals surface area contributed by atoms with Crippen LogP contribution in [0.1, 0.15) is 32.3 Å². The summed E-state index contributed by atoms with van der Waals surface area (Å²) < 4.78 is 0. The molecule has 4 N–H and O–H groups in total. The molecule has 0 bridgehead atoms. The van der Waals surface area contributed by atoms with E-state index in [1.165, 1.54) is 0 Å². The summed E-state index contributed by atoms with van der Waals surface area (Å²) in [5.41, 5.74) is 7.03. The highest BCUT2D eigenvalue weighted by Crippen LogP contribution is 2.22. The Morgan fingerprint density at radius 3 is 2.75 bits per heavy atom. The lowest BCUT2D eigenvalue weighted by molar-refractivity contribution is -0.121. The summed E-state index contributed by atoms with van der Waals surface area (Å²) in [6.07, 6.45) is 1.32. The zero-order chi connectivity index (χ0) is 15.1. The lowest BCUT2D eigenvalue weighted by Crippen LogP contribution is -2.32. The fourth-order valence-electron chi connectivity index (χ4n) is 1.57. The van der Waals surface area contributed by atoms with Gasteiger partial charge in [0.2, 0.25) is 5.91 Å². The van der Waals surface area contributed by atoms with Crippen LogP contribution in [-0.4, -0.2) is 23.5 Å². The third-order valence-corrected chi connectivity index (χ3v) is 3.49. The highest BCUT2D eigenvalue weighted by Gasteiger charge is 2.07. The zero-order valence-electron chi connectivity index (χ0n) is 11.7. The molecule has 0 saturated heterocycles. The predicted octanol–water partition coefficient (Wildman–Crippen LogP) is 2.69. The van der Waals surface area contributed by atoms with Crippen LogP contribution in [0, 0.1) is 0 Å². The summed E-state index contributed by atoms with van der Waals surface area (Å²) in [6, 6.07) is 5.53. The molecular weight excluding hydrogens is 294 g/mol. The molecule has 0 aliphatic heterocycles. The van der Waals surface area contributed by atoms with Gasteiger partial charge in [-0.25, -0.2) is 0 Å². The number of nitrogens with two attached hydrogens (primary N) is 1. The topological polar surface area (TPSA) is 67.2 Å². The Balaban J connectivity index is 2.46. The number of carbonyl (C=O) groups is 1. The van der Waals surface area contributed by atoms with E-state index in [4.69, 9.17) is 29.6 Å². The number of hydrogen-bond donors (Lipinski definition) is 3. The van der Waals surface area contributed by atoms with Crippen molar-refractivity contribution < 1.29 is 4.79 Å². The van der Waals surface area contributed by atoms with Gasteiger partial charge in [-0.05, 0) is 31.5 Å². The van der Waals surface area contributed by atoms with E-state index in [1.54, 1.807) is 12.1 Å². The van der Waals surface area contributed by atoms with Gasteiger partial charge in [-0.2, -0.15) is 0 Å². The second-order valence-corrected chi connectivity index (χ2v) is 5.46. The molecule has 1 aromatic rings. The van der Waals surface area contributed by atoms with Gasteiger partial charge in [-0.3, -0.25) is 4.79 Å². The standard InChI is InChI=1S/C14H20ClN3OS/c1-3-9(2)18-13(19)6-7-17-12-5-4-10(14(16)20)8-11(12)15/h4-5,8-9,17H,3,6-7H2,1-2H3,(H2,16,20)(H,18,19). The lowest BCUT2D eigenvalue weighted by Gasteiger charge is -2.12. The molecule has 0 saturated carbocycles. The smallest absolute Gasteiger partial charge is 0.221 e. The molecule has 0 aliphatic carbocycles. The van der Waals surface area contributed by atoms with Crippen molar-refractivity contribution in [3.8, 4) is 0 Å². The van der Waals surface area contributed by atoms with Gasteiger partial charge in [-0.15, -0.1) is 0 Å². The van der Waals surface area contributed by atoms with Crippen LogP contribution in [0.3, 0.4) is 0 Å². The van der Waals surface area contributed by atoms with Crippen molar-refractivity contribution >= 4 is 40.4 Å². The van der Waals surface area contributed by atoms with Gasteiger partial charge >= 0.3 is 0 Å². The minimum Gasteiger partial charge on any atom is -0.389 e. The second kappa shape index (κ2) is 8.07. The molecule has 1 amide bonds. The molecular formula is C14H20ClN3OS. The SMILES string of the molecule is CCC(C)NC(=O)CCNc1ccc(C(N)=S)cc1Cl. The van der Waals surface area contributed by atoms with Gasteiger partial charge in [0.1, 0.15) is 4.99 Å². The third kappa shape index (κ3) is 5.35. The predicted molar refractivity (Wildman–Crippen MR) is 88.3 cm³/mol. The fourth-order valence-corrected chi connectivity index (χ4v) is 1.95. The average molecular weight is 314 g/mol. The number of hydrogen-bond acceptors (Lipinski definition) is 3. The summed E-state index contributed by atoms with van der Waals surface area (Å²) in [5, 5.41) is 6.57. The first kappa shape index (κ1) is 16.7. The highest BCUT2D eigenvalue weighted by molar-refractivity contribution is 7.80. The van der Waals surface area contributed by atoms with Crippen LogP contribution in [0.25, 0.3) is 0 Å². The minimum atomic E-state index is 0.0303. The van der Waals surface area contributed by atoms with E-state index in [0.717, 1.165) is 17.7 Å². The maximum Gasteiger partial charge on any atom is 0.221 e. The molecule has 6 heteroatoms. The van der Waals surface area contributed by atoms with Gasteiger partial charge in [0.15, 0.2) is 0 Å². The first-order valence-corrected chi connectivity index (χ1v) is 7.35. The van der Waals surface area contributed by atoms with Crippen molar-refractivity contribution in [3.05, 3.63) is 28.8 Å². The summed E-state index contributed by atoms with van der Waals surface area (Å²) in [5.74, 6) is 0.0303. The molecule has 0 aliphatic rings. The number of benzene rings is 1. The van der Waals surface area contributed by atoms with Crippen LogP contribution in [0.2, 0.25) is 5.02 Å². The molecule has 1 unspecified atom stereocenters. The van der Waals surface area contributed by atoms with Crippen LogP contribution >= 0.6 is 23.8 Å². The van der Waals surface area contributed by atoms with Gasteiger partial charge in [-0.1, -0.05) is 30.7 Å². The van der Waals surface area contributed by atoms with E-state index < -0.39 is 0 Å². The van der Waals surface area contributed by atoms with Crippen molar-refractivity contribution in [3.63, 3.8) is 0 Å². The van der Waals surface area contributed by atoms with Crippen LogP contribution in [-0.2, 0) is 4.79 Å². The number of amides is 1. The van der Waals surface area contributed by atoms with Crippen molar-refractivity contribution in [1.29, 1.82) is 0 Å². The molecule has 0 radical (unpaired) electrons. The first-order valence-electron chi connectivity index (χ1n) is 6.56. The number of nitrogens with one attached hydrogen (secondary N) is 2. The van der Waals surface area contributed by atoms with Crippen LogP contribution in [0.5, 0.6) is 0 Å². The van der Waals surface area contributed by atoms with E-state index >= 15 is 0 Å². The third-order valence-electron chi connectivity index (χ3n) is 2.94. The molecule has 1 rings (SSSR count). The summed E-state index contributed by atoms with van der Waals surface area (Å²) in [4.78, 5) is 11.9. The Hall–Kier alpha value is -1.33. The van der Waals surface area contributed by atoms with E-state index in [-0.39, 0.29) is 11.9 Å². The molecule has 1 aromatic carbocycles. The molecule has 4 nitrogen and oxygen atoms in total. The Morgan fingerprint density at radius 1 is 1.50 bits per heavy atom. The number of halogens is 1. The van der Waals surface area contributed by atoms with Crippen molar-refractivity contribution in [2.45, 2.75) is 32.7 Å². The Bertz CT molecular complexity index is 493. The normalized spacial score (nSPS) is 11.8. The Morgan fingerprint density at radius 2 is 2.20 bits per heavy atom. The Labute approximate surface area is 130 Å². The lowest BCUT2D eigenvalue weighted by atomic mass is 10.2. The maximum absolute atomic E-state index is 11.6. The van der Waals surface area contributed by atoms with Crippen molar-refractivity contribution in [1.82, 2.24) is 5.32 Å². The van der Waals surface area contributed by atoms with Crippen molar-refractivity contribution in [2.24, 2.45) is 5.73 Å². The monoisotopic (exact) mass is 313 g/mol. The number of rotatable bonds is 7. The first-order chi connectivity index (χ1) is 9.43. The quantitative estimate of drug-likeness (QED) is 0.677. The summed E-state index contributed by atoms with van der Waals surface area (Å²) in [6.45, 7) is 4.54. The second-order valence-electron chi connectivity index (χ2n) is 4.61. The molecule has 110 valence electrons. The van der Waals surface area contributed by atoms with Crippen LogP contribution < -0.4 is 16.4 Å². The molecule has 0 fully saturated rings.